The fourth-order valence-corrected chi connectivity index (χ4v) is 1.23. The van der Waals surface area contributed by atoms with Crippen LogP contribution in [0.3, 0.4) is 0 Å². The molecule has 0 aliphatic heterocycles. The molecule has 0 aromatic heterocycles. The van der Waals surface area contributed by atoms with Crippen LogP contribution in [0.1, 0.15) is 18.4 Å². The summed E-state index contributed by atoms with van der Waals surface area (Å²) >= 11 is 0. The van der Waals surface area contributed by atoms with Crippen LogP contribution in [0.15, 0.2) is 24.3 Å². The third-order valence-electron chi connectivity index (χ3n) is 2.06. The molecule has 1 rings (SSSR count). The van der Waals surface area contributed by atoms with Gasteiger partial charge in [0.1, 0.15) is 5.82 Å². The third kappa shape index (κ3) is 3.56. The Hall–Kier alpha value is -1.38. The number of amides is 1. The number of carbonyl (C=O) groups is 1. The van der Waals surface area contributed by atoms with Crippen LogP contribution in [0.4, 0.5) is 4.39 Å². The molecule has 1 aromatic carbocycles. The number of halogens is 1. The Morgan fingerprint density at radius 2 is 2.00 bits per heavy atom. The molecule has 1 amide bonds. The van der Waals surface area contributed by atoms with E-state index in [0.717, 1.165) is 18.4 Å². The van der Waals surface area contributed by atoms with Crippen LogP contribution in [0.25, 0.3) is 0 Å². The van der Waals surface area contributed by atoms with Gasteiger partial charge in [0, 0.05) is 13.5 Å². The third-order valence-corrected chi connectivity index (χ3v) is 2.06. The summed E-state index contributed by atoms with van der Waals surface area (Å²) < 4.78 is 12.5. The van der Waals surface area contributed by atoms with Crippen molar-refractivity contribution in [3.05, 3.63) is 35.6 Å². The van der Waals surface area contributed by atoms with Gasteiger partial charge in [-0.3, -0.25) is 4.79 Å². The van der Waals surface area contributed by atoms with Gasteiger partial charge >= 0.3 is 0 Å². The Morgan fingerprint density at radius 3 is 2.57 bits per heavy atom. The molecule has 2 nitrogen and oxygen atoms in total. The van der Waals surface area contributed by atoms with Crippen LogP contribution in [0, 0.1) is 5.82 Å². The van der Waals surface area contributed by atoms with E-state index in [4.69, 9.17) is 0 Å². The fraction of sp³-hybridized carbons (Fsp3) is 0.364. The van der Waals surface area contributed by atoms with Crippen LogP contribution in [-0.2, 0) is 11.2 Å². The topological polar surface area (TPSA) is 29.1 Å². The number of hydrogen-bond donors (Lipinski definition) is 1. The van der Waals surface area contributed by atoms with Crippen LogP contribution >= 0.6 is 0 Å². The zero-order valence-corrected chi connectivity index (χ0v) is 8.22. The van der Waals surface area contributed by atoms with E-state index in [1.165, 1.54) is 12.1 Å². The molecule has 0 unspecified atom stereocenters. The average molecular weight is 195 g/mol. The zero-order valence-electron chi connectivity index (χ0n) is 8.22. The number of aryl methyl sites for hydroxylation is 1. The Labute approximate surface area is 83.1 Å². The molecule has 0 saturated heterocycles. The fourth-order valence-electron chi connectivity index (χ4n) is 1.23. The molecule has 1 N–H and O–H groups in total. The molecule has 1 aromatic rings. The highest BCUT2D eigenvalue weighted by Gasteiger charge is 1.98. The highest BCUT2D eigenvalue weighted by molar-refractivity contribution is 5.75. The molecule has 0 aliphatic carbocycles. The van der Waals surface area contributed by atoms with E-state index in [9.17, 15) is 9.18 Å². The number of rotatable bonds is 4. The van der Waals surface area contributed by atoms with Gasteiger partial charge in [-0.15, -0.1) is 0 Å². The van der Waals surface area contributed by atoms with Gasteiger partial charge in [-0.05, 0) is 30.5 Å². The minimum Gasteiger partial charge on any atom is -0.359 e. The lowest BCUT2D eigenvalue weighted by Gasteiger charge is -2.00. The first-order valence-corrected chi connectivity index (χ1v) is 4.67. The lowest BCUT2D eigenvalue weighted by Crippen LogP contribution is -2.17. The zero-order chi connectivity index (χ0) is 10.4. The lowest BCUT2D eigenvalue weighted by molar-refractivity contribution is -0.120. The first-order chi connectivity index (χ1) is 6.72. The van der Waals surface area contributed by atoms with E-state index in [1.807, 2.05) is 0 Å². The summed E-state index contributed by atoms with van der Waals surface area (Å²) in [7, 11) is 1.63. The van der Waals surface area contributed by atoms with Gasteiger partial charge in [-0.25, -0.2) is 4.39 Å². The Balaban J connectivity index is 2.31. The normalized spacial score (nSPS) is 9.86. The van der Waals surface area contributed by atoms with Gasteiger partial charge in [0.05, 0.1) is 0 Å². The summed E-state index contributed by atoms with van der Waals surface area (Å²) in [5, 5.41) is 2.56. The quantitative estimate of drug-likeness (QED) is 0.781. The number of hydrogen-bond acceptors (Lipinski definition) is 1. The Morgan fingerprint density at radius 1 is 1.36 bits per heavy atom. The van der Waals surface area contributed by atoms with Crippen molar-refractivity contribution in [1.29, 1.82) is 0 Å². The maximum Gasteiger partial charge on any atom is 0.219 e. The SMILES string of the molecule is CNC(=O)CCCc1ccc(F)cc1. The summed E-state index contributed by atoms with van der Waals surface area (Å²) in [5.74, 6) is -0.174. The van der Waals surface area contributed by atoms with E-state index >= 15 is 0 Å². The lowest BCUT2D eigenvalue weighted by atomic mass is 10.1. The molecule has 0 atom stereocenters. The summed E-state index contributed by atoms with van der Waals surface area (Å²) in [6.45, 7) is 0. The van der Waals surface area contributed by atoms with Gasteiger partial charge in [0.15, 0.2) is 0 Å². The van der Waals surface area contributed by atoms with Crippen molar-refractivity contribution < 1.29 is 9.18 Å². The summed E-state index contributed by atoms with van der Waals surface area (Å²) in [4.78, 5) is 10.9. The second-order valence-electron chi connectivity index (χ2n) is 3.15. The highest BCUT2D eigenvalue weighted by Crippen LogP contribution is 2.06. The minimum atomic E-state index is -0.222. The van der Waals surface area contributed by atoms with Crippen LogP contribution in [0.2, 0.25) is 0 Å². The molecule has 0 spiro atoms. The van der Waals surface area contributed by atoms with Gasteiger partial charge in [0.25, 0.3) is 0 Å². The molecule has 0 aliphatic rings. The maximum absolute atomic E-state index is 12.5. The second kappa shape index (κ2) is 5.37. The van der Waals surface area contributed by atoms with E-state index in [-0.39, 0.29) is 11.7 Å². The first kappa shape index (κ1) is 10.7. The predicted octanol–water partition coefficient (Wildman–Crippen LogP) is 1.89. The monoisotopic (exact) mass is 195 g/mol. The Kier molecular flexibility index (Phi) is 4.11. The van der Waals surface area contributed by atoms with Gasteiger partial charge in [0.2, 0.25) is 5.91 Å². The molecule has 0 radical (unpaired) electrons. The number of nitrogens with one attached hydrogen (secondary N) is 1. The van der Waals surface area contributed by atoms with Gasteiger partial charge < -0.3 is 5.32 Å². The smallest absolute Gasteiger partial charge is 0.219 e. The van der Waals surface area contributed by atoms with E-state index in [0.29, 0.717) is 6.42 Å². The molecule has 0 heterocycles. The van der Waals surface area contributed by atoms with Crippen molar-refractivity contribution in [2.75, 3.05) is 7.05 Å². The van der Waals surface area contributed by atoms with Crippen LogP contribution in [0.5, 0.6) is 0 Å². The van der Waals surface area contributed by atoms with Crippen molar-refractivity contribution in [3.8, 4) is 0 Å². The van der Waals surface area contributed by atoms with Crippen molar-refractivity contribution in [3.63, 3.8) is 0 Å². The van der Waals surface area contributed by atoms with E-state index in [1.54, 1.807) is 19.2 Å². The first-order valence-electron chi connectivity index (χ1n) is 4.67. The molecule has 0 fully saturated rings. The molecule has 3 heteroatoms. The molecule has 14 heavy (non-hydrogen) atoms. The van der Waals surface area contributed by atoms with Crippen LogP contribution < -0.4 is 5.32 Å². The molecule has 0 saturated carbocycles. The van der Waals surface area contributed by atoms with Crippen molar-refractivity contribution >= 4 is 5.91 Å². The van der Waals surface area contributed by atoms with Crippen molar-refractivity contribution in [1.82, 2.24) is 5.32 Å². The minimum absolute atomic E-state index is 0.0483. The summed E-state index contributed by atoms with van der Waals surface area (Å²) in [5.41, 5.74) is 1.07. The summed E-state index contributed by atoms with van der Waals surface area (Å²) in [6.07, 6.45) is 2.13. The molecular formula is C11H14FNO. The maximum atomic E-state index is 12.5. The second-order valence-corrected chi connectivity index (χ2v) is 3.15. The highest BCUT2D eigenvalue weighted by atomic mass is 19.1. The van der Waals surface area contributed by atoms with Crippen molar-refractivity contribution in [2.24, 2.45) is 0 Å². The predicted molar refractivity (Wildman–Crippen MR) is 53.4 cm³/mol. The standard InChI is InChI=1S/C11H14FNO/c1-13-11(14)4-2-3-9-5-7-10(12)8-6-9/h5-8H,2-4H2,1H3,(H,13,14). The van der Waals surface area contributed by atoms with E-state index in [2.05, 4.69) is 5.32 Å². The van der Waals surface area contributed by atoms with Crippen LogP contribution in [-0.4, -0.2) is 13.0 Å². The van der Waals surface area contributed by atoms with Crippen molar-refractivity contribution in [2.45, 2.75) is 19.3 Å². The van der Waals surface area contributed by atoms with Gasteiger partial charge in [-0.1, -0.05) is 12.1 Å². The van der Waals surface area contributed by atoms with Gasteiger partial charge in [-0.2, -0.15) is 0 Å². The largest absolute Gasteiger partial charge is 0.359 e. The van der Waals surface area contributed by atoms with E-state index < -0.39 is 0 Å². The molecular weight excluding hydrogens is 181 g/mol. The Bertz CT molecular complexity index is 295. The summed E-state index contributed by atoms with van der Waals surface area (Å²) in [6, 6.07) is 6.38. The molecule has 0 bridgehead atoms. The average Bonchev–Trinajstić information content (AvgIpc) is 2.21. The number of benzene rings is 1. The number of carbonyl (C=O) groups excluding carboxylic acids is 1. The molecule has 76 valence electrons.